The highest BCUT2D eigenvalue weighted by Crippen LogP contribution is 2.21. The Balaban J connectivity index is 2.27. The van der Waals surface area contributed by atoms with Crippen LogP contribution in [0.2, 0.25) is 0 Å². The molecule has 3 N–H and O–H groups in total. The van der Waals surface area contributed by atoms with Gasteiger partial charge in [0.2, 0.25) is 0 Å². The molecule has 0 amide bonds. The highest BCUT2D eigenvalue weighted by molar-refractivity contribution is 5.75. The van der Waals surface area contributed by atoms with Crippen molar-refractivity contribution in [3.63, 3.8) is 0 Å². The predicted octanol–water partition coefficient (Wildman–Crippen LogP) is -0.410. The Morgan fingerprint density at radius 2 is 1.83 bits per heavy atom. The van der Waals surface area contributed by atoms with Gasteiger partial charge in [-0.25, -0.2) is 0 Å². The molecule has 0 radical (unpaired) electrons. The number of Topliss-reactive ketones (excluding diaryl/α,β-unsaturated/α-hetero) is 1. The topological polar surface area (TPSA) is 96.2 Å². The van der Waals surface area contributed by atoms with Gasteiger partial charge in [-0.15, -0.1) is 0 Å². The minimum atomic E-state index is -1.27. The standard InChI is InChI=1S/C12H22O6/c1-7(13)5-3-4-6-17-12-11(16)10(15)9(14)8(2)18-12/h8-12,14-16H,3-6H2,1-2H3. The van der Waals surface area contributed by atoms with Crippen LogP contribution in [-0.2, 0) is 14.3 Å². The molecule has 0 bridgehead atoms. The van der Waals surface area contributed by atoms with E-state index in [4.69, 9.17) is 9.47 Å². The van der Waals surface area contributed by atoms with E-state index in [2.05, 4.69) is 0 Å². The molecular formula is C12H22O6. The molecule has 0 saturated carbocycles. The lowest BCUT2D eigenvalue weighted by Gasteiger charge is -2.38. The highest BCUT2D eigenvalue weighted by Gasteiger charge is 2.42. The van der Waals surface area contributed by atoms with Crippen LogP contribution in [0.4, 0.5) is 0 Å². The Morgan fingerprint density at radius 1 is 1.17 bits per heavy atom. The third-order valence-electron chi connectivity index (χ3n) is 3.01. The first kappa shape index (κ1) is 15.5. The lowest BCUT2D eigenvalue weighted by atomic mass is 10.0. The van der Waals surface area contributed by atoms with E-state index in [0.29, 0.717) is 19.4 Å². The maximum atomic E-state index is 10.7. The van der Waals surface area contributed by atoms with Gasteiger partial charge in [-0.05, 0) is 26.7 Å². The summed E-state index contributed by atoms with van der Waals surface area (Å²) < 4.78 is 10.6. The molecule has 0 spiro atoms. The van der Waals surface area contributed by atoms with Crippen molar-refractivity contribution in [2.75, 3.05) is 6.61 Å². The van der Waals surface area contributed by atoms with Gasteiger partial charge in [0.15, 0.2) is 6.29 Å². The molecule has 1 aliphatic heterocycles. The van der Waals surface area contributed by atoms with Crippen LogP contribution in [0.5, 0.6) is 0 Å². The molecule has 1 rings (SSSR count). The molecule has 6 heteroatoms. The van der Waals surface area contributed by atoms with Crippen molar-refractivity contribution in [3.8, 4) is 0 Å². The number of aliphatic hydroxyl groups excluding tert-OH is 3. The maximum Gasteiger partial charge on any atom is 0.186 e. The van der Waals surface area contributed by atoms with Crippen molar-refractivity contribution in [1.29, 1.82) is 0 Å². The van der Waals surface area contributed by atoms with Gasteiger partial charge < -0.3 is 29.6 Å². The van der Waals surface area contributed by atoms with Gasteiger partial charge in [0.05, 0.1) is 6.10 Å². The van der Waals surface area contributed by atoms with Crippen LogP contribution in [0.1, 0.15) is 33.1 Å². The smallest absolute Gasteiger partial charge is 0.186 e. The van der Waals surface area contributed by atoms with E-state index in [-0.39, 0.29) is 5.78 Å². The number of rotatable bonds is 6. The van der Waals surface area contributed by atoms with E-state index in [0.717, 1.165) is 6.42 Å². The number of ketones is 1. The van der Waals surface area contributed by atoms with E-state index < -0.39 is 30.7 Å². The summed E-state index contributed by atoms with van der Waals surface area (Å²) in [6.45, 7) is 3.48. The Labute approximate surface area is 107 Å². The molecule has 1 fully saturated rings. The first-order valence-corrected chi connectivity index (χ1v) is 6.24. The first-order chi connectivity index (χ1) is 8.43. The number of hydrogen-bond donors (Lipinski definition) is 3. The summed E-state index contributed by atoms with van der Waals surface area (Å²) in [6, 6.07) is 0. The van der Waals surface area contributed by atoms with Gasteiger partial charge in [0.1, 0.15) is 24.1 Å². The fourth-order valence-electron chi connectivity index (χ4n) is 1.83. The molecular weight excluding hydrogens is 240 g/mol. The SMILES string of the molecule is CC(=O)CCCCOC1OC(C)C(O)C(O)C1O. The van der Waals surface area contributed by atoms with Crippen molar-refractivity contribution in [3.05, 3.63) is 0 Å². The normalized spacial score (nSPS) is 36.6. The largest absolute Gasteiger partial charge is 0.388 e. The van der Waals surface area contributed by atoms with Gasteiger partial charge in [-0.1, -0.05) is 0 Å². The number of carbonyl (C=O) groups is 1. The molecule has 0 aliphatic carbocycles. The van der Waals surface area contributed by atoms with Crippen LogP contribution in [0, 0.1) is 0 Å². The molecule has 5 atom stereocenters. The fraction of sp³-hybridized carbons (Fsp3) is 0.917. The van der Waals surface area contributed by atoms with Crippen molar-refractivity contribution in [1.82, 2.24) is 0 Å². The number of unbranched alkanes of at least 4 members (excludes halogenated alkanes) is 1. The molecule has 1 saturated heterocycles. The van der Waals surface area contributed by atoms with Crippen LogP contribution in [0.15, 0.2) is 0 Å². The summed E-state index contributed by atoms with van der Waals surface area (Å²) in [7, 11) is 0. The minimum absolute atomic E-state index is 0.135. The molecule has 6 nitrogen and oxygen atoms in total. The van der Waals surface area contributed by atoms with E-state index in [9.17, 15) is 20.1 Å². The lowest BCUT2D eigenvalue weighted by Crippen LogP contribution is -2.57. The second kappa shape index (κ2) is 7.16. The summed E-state index contributed by atoms with van der Waals surface area (Å²) in [5.41, 5.74) is 0. The van der Waals surface area contributed by atoms with Gasteiger partial charge in [0.25, 0.3) is 0 Å². The van der Waals surface area contributed by atoms with E-state index >= 15 is 0 Å². The zero-order valence-corrected chi connectivity index (χ0v) is 10.8. The Morgan fingerprint density at radius 3 is 2.44 bits per heavy atom. The van der Waals surface area contributed by atoms with Gasteiger partial charge in [-0.3, -0.25) is 0 Å². The molecule has 0 aromatic heterocycles. The van der Waals surface area contributed by atoms with Crippen LogP contribution in [0.3, 0.4) is 0 Å². The second-order valence-corrected chi connectivity index (χ2v) is 4.71. The third kappa shape index (κ3) is 4.29. The Hall–Kier alpha value is -0.530. The van der Waals surface area contributed by atoms with E-state index in [1.165, 1.54) is 6.92 Å². The average molecular weight is 262 g/mol. The third-order valence-corrected chi connectivity index (χ3v) is 3.01. The van der Waals surface area contributed by atoms with E-state index in [1.807, 2.05) is 0 Å². The van der Waals surface area contributed by atoms with Crippen molar-refractivity contribution >= 4 is 5.78 Å². The van der Waals surface area contributed by atoms with Gasteiger partial charge in [-0.2, -0.15) is 0 Å². The van der Waals surface area contributed by atoms with Crippen LogP contribution in [-0.4, -0.2) is 58.4 Å². The van der Waals surface area contributed by atoms with Crippen molar-refractivity contribution in [2.24, 2.45) is 0 Å². The van der Waals surface area contributed by atoms with Crippen LogP contribution >= 0.6 is 0 Å². The van der Waals surface area contributed by atoms with Crippen LogP contribution < -0.4 is 0 Å². The summed E-state index contributed by atoms with van der Waals surface area (Å²) in [4.78, 5) is 10.7. The summed E-state index contributed by atoms with van der Waals surface area (Å²) in [5, 5.41) is 28.7. The monoisotopic (exact) mass is 262 g/mol. The molecule has 0 aromatic rings. The molecule has 1 heterocycles. The minimum Gasteiger partial charge on any atom is -0.388 e. The first-order valence-electron chi connectivity index (χ1n) is 6.24. The molecule has 5 unspecified atom stereocenters. The number of carbonyl (C=O) groups excluding carboxylic acids is 1. The Bertz CT molecular complexity index is 269. The van der Waals surface area contributed by atoms with Crippen molar-refractivity contribution in [2.45, 2.75) is 63.8 Å². The quantitative estimate of drug-likeness (QED) is 0.563. The van der Waals surface area contributed by atoms with Gasteiger partial charge in [0, 0.05) is 13.0 Å². The second-order valence-electron chi connectivity index (χ2n) is 4.71. The fourth-order valence-corrected chi connectivity index (χ4v) is 1.83. The molecule has 0 aromatic carbocycles. The molecule has 106 valence electrons. The summed E-state index contributed by atoms with van der Waals surface area (Å²) >= 11 is 0. The van der Waals surface area contributed by atoms with Crippen molar-refractivity contribution < 1.29 is 29.6 Å². The zero-order valence-electron chi connectivity index (χ0n) is 10.8. The summed E-state index contributed by atoms with van der Waals surface area (Å²) in [5.74, 6) is 0.135. The number of ether oxygens (including phenoxy) is 2. The molecule has 18 heavy (non-hydrogen) atoms. The highest BCUT2D eigenvalue weighted by atomic mass is 16.7. The lowest BCUT2D eigenvalue weighted by molar-refractivity contribution is -0.293. The summed E-state index contributed by atoms with van der Waals surface area (Å²) in [6.07, 6.45) is -3.26. The van der Waals surface area contributed by atoms with Crippen LogP contribution in [0.25, 0.3) is 0 Å². The average Bonchev–Trinajstić information content (AvgIpc) is 2.32. The Kier molecular flexibility index (Phi) is 6.17. The zero-order chi connectivity index (χ0) is 13.7. The number of aliphatic hydroxyl groups is 3. The van der Waals surface area contributed by atoms with Gasteiger partial charge >= 0.3 is 0 Å². The maximum absolute atomic E-state index is 10.7. The molecule has 1 aliphatic rings. The number of hydrogen-bond acceptors (Lipinski definition) is 6. The van der Waals surface area contributed by atoms with E-state index in [1.54, 1.807) is 6.92 Å². The predicted molar refractivity (Wildman–Crippen MR) is 62.8 cm³/mol.